The van der Waals surface area contributed by atoms with Gasteiger partial charge in [-0.1, -0.05) is 24.6 Å². The average molecular weight is 310 g/mol. The van der Waals surface area contributed by atoms with Crippen molar-refractivity contribution in [3.8, 4) is 0 Å². The number of ether oxygens (including phenoxy) is 1. The van der Waals surface area contributed by atoms with Gasteiger partial charge in [0.2, 0.25) is 11.9 Å². The van der Waals surface area contributed by atoms with Crippen LogP contribution in [0.4, 0.5) is 11.9 Å². The maximum Gasteiger partial charge on any atom is 0.242 e. The molecular formula is C13H22N6OS. The first kappa shape index (κ1) is 14.8. The minimum atomic E-state index is 0.431. The molecule has 3 N–H and O–H groups in total. The molecule has 0 spiro atoms. The number of hydrogen-bond donors (Lipinski definition) is 2. The maximum atomic E-state index is 5.48. The van der Waals surface area contributed by atoms with Crippen LogP contribution in [0.1, 0.15) is 25.7 Å². The summed E-state index contributed by atoms with van der Waals surface area (Å²) in [5, 5.41) is 0.756. The number of thioether (sulfide) groups is 1. The molecule has 8 heteroatoms. The highest BCUT2D eigenvalue weighted by Crippen LogP contribution is 2.30. The molecule has 1 saturated carbocycles. The van der Waals surface area contributed by atoms with Gasteiger partial charge in [-0.25, -0.2) is 5.84 Å². The SMILES string of the molecule is NNc1nc(SCC2CCCC2)nc(N2CCOCC2)n1. The van der Waals surface area contributed by atoms with Crippen LogP contribution in [-0.2, 0) is 4.74 Å². The summed E-state index contributed by atoms with van der Waals surface area (Å²) >= 11 is 1.71. The van der Waals surface area contributed by atoms with Crippen molar-refractivity contribution in [3.05, 3.63) is 0 Å². The molecular weight excluding hydrogens is 288 g/mol. The van der Waals surface area contributed by atoms with E-state index in [1.165, 1.54) is 25.7 Å². The molecule has 1 aromatic heterocycles. The van der Waals surface area contributed by atoms with Crippen LogP contribution in [0.25, 0.3) is 0 Å². The Morgan fingerprint density at radius 2 is 1.95 bits per heavy atom. The molecule has 1 aliphatic carbocycles. The van der Waals surface area contributed by atoms with Gasteiger partial charge in [0, 0.05) is 18.8 Å². The van der Waals surface area contributed by atoms with Crippen molar-refractivity contribution in [2.45, 2.75) is 30.8 Å². The standard InChI is InChI=1S/C13H22N6OS/c14-18-11-15-12(19-5-7-20-8-6-19)17-13(16-11)21-9-10-3-1-2-4-10/h10H,1-9,14H2,(H,15,16,17,18). The molecule has 0 amide bonds. The van der Waals surface area contributed by atoms with Crippen LogP contribution in [-0.4, -0.2) is 47.0 Å². The van der Waals surface area contributed by atoms with Gasteiger partial charge in [-0.2, -0.15) is 15.0 Å². The number of nitrogen functional groups attached to an aromatic ring is 1. The fourth-order valence-electron chi connectivity index (χ4n) is 2.75. The first-order valence-electron chi connectivity index (χ1n) is 7.53. The van der Waals surface area contributed by atoms with Crippen molar-refractivity contribution in [1.82, 2.24) is 15.0 Å². The number of morpholine rings is 1. The summed E-state index contributed by atoms with van der Waals surface area (Å²) in [5.41, 5.74) is 2.54. The fourth-order valence-corrected chi connectivity index (χ4v) is 3.76. The van der Waals surface area contributed by atoms with Gasteiger partial charge < -0.3 is 9.64 Å². The zero-order chi connectivity index (χ0) is 14.5. The number of anilines is 2. The minimum Gasteiger partial charge on any atom is -0.378 e. The zero-order valence-corrected chi connectivity index (χ0v) is 12.9. The summed E-state index contributed by atoms with van der Waals surface area (Å²) in [6, 6.07) is 0. The van der Waals surface area contributed by atoms with E-state index in [-0.39, 0.29) is 0 Å². The average Bonchev–Trinajstić information content (AvgIpc) is 3.07. The highest BCUT2D eigenvalue weighted by atomic mass is 32.2. The van der Waals surface area contributed by atoms with Crippen molar-refractivity contribution in [2.75, 3.05) is 42.4 Å². The third-order valence-corrected chi connectivity index (χ3v) is 5.03. The summed E-state index contributed by atoms with van der Waals surface area (Å²) in [4.78, 5) is 15.4. The molecule has 0 atom stereocenters. The van der Waals surface area contributed by atoms with Gasteiger partial charge in [0.1, 0.15) is 0 Å². The van der Waals surface area contributed by atoms with Crippen LogP contribution in [0.5, 0.6) is 0 Å². The molecule has 3 rings (SSSR count). The van der Waals surface area contributed by atoms with E-state index in [0.717, 1.165) is 29.9 Å². The first-order chi connectivity index (χ1) is 10.3. The maximum absolute atomic E-state index is 5.48. The molecule has 1 aromatic rings. The van der Waals surface area contributed by atoms with E-state index < -0.39 is 0 Å². The Labute approximate surface area is 129 Å². The summed E-state index contributed by atoms with van der Waals surface area (Å²) in [5.74, 6) is 8.48. The van der Waals surface area contributed by atoms with Crippen molar-refractivity contribution in [1.29, 1.82) is 0 Å². The van der Waals surface area contributed by atoms with E-state index in [1.54, 1.807) is 11.8 Å². The third kappa shape index (κ3) is 3.96. The number of aromatic nitrogens is 3. The minimum absolute atomic E-state index is 0.431. The molecule has 21 heavy (non-hydrogen) atoms. The largest absolute Gasteiger partial charge is 0.378 e. The highest BCUT2D eigenvalue weighted by molar-refractivity contribution is 7.99. The topological polar surface area (TPSA) is 89.2 Å². The Kier molecular flexibility index (Phi) is 5.10. The Hall–Kier alpha value is -1.12. The van der Waals surface area contributed by atoms with E-state index in [0.29, 0.717) is 25.1 Å². The fraction of sp³-hybridized carbons (Fsp3) is 0.769. The van der Waals surface area contributed by atoms with Gasteiger partial charge in [-0.3, -0.25) is 5.43 Å². The van der Waals surface area contributed by atoms with E-state index in [1.807, 2.05) is 0 Å². The van der Waals surface area contributed by atoms with Crippen LogP contribution < -0.4 is 16.2 Å². The van der Waals surface area contributed by atoms with Gasteiger partial charge in [-0.05, 0) is 18.8 Å². The summed E-state index contributed by atoms with van der Waals surface area (Å²) in [6.45, 7) is 3.03. The number of nitrogens with two attached hydrogens (primary N) is 1. The zero-order valence-electron chi connectivity index (χ0n) is 12.1. The lowest BCUT2D eigenvalue weighted by molar-refractivity contribution is 0.122. The van der Waals surface area contributed by atoms with Crippen LogP contribution in [0.15, 0.2) is 5.16 Å². The normalized spacial score (nSPS) is 20.0. The molecule has 0 bridgehead atoms. The number of nitrogens with one attached hydrogen (secondary N) is 1. The monoisotopic (exact) mass is 310 g/mol. The summed E-state index contributed by atoms with van der Waals surface area (Å²) in [6.07, 6.45) is 5.38. The molecule has 0 unspecified atom stereocenters. The van der Waals surface area contributed by atoms with Crippen LogP contribution in [0.2, 0.25) is 0 Å². The molecule has 2 fully saturated rings. The quantitative estimate of drug-likeness (QED) is 0.477. The van der Waals surface area contributed by atoms with E-state index in [2.05, 4.69) is 25.3 Å². The molecule has 116 valence electrons. The second-order valence-electron chi connectivity index (χ2n) is 5.45. The van der Waals surface area contributed by atoms with Gasteiger partial charge >= 0.3 is 0 Å². The van der Waals surface area contributed by atoms with Crippen LogP contribution >= 0.6 is 11.8 Å². The molecule has 1 saturated heterocycles. The lowest BCUT2D eigenvalue weighted by Crippen LogP contribution is -2.37. The van der Waals surface area contributed by atoms with Gasteiger partial charge in [0.05, 0.1) is 13.2 Å². The van der Waals surface area contributed by atoms with E-state index in [4.69, 9.17) is 10.6 Å². The lowest BCUT2D eigenvalue weighted by atomic mass is 10.1. The first-order valence-corrected chi connectivity index (χ1v) is 8.52. The summed E-state index contributed by atoms with van der Waals surface area (Å²) < 4.78 is 5.36. The van der Waals surface area contributed by atoms with Gasteiger partial charge in [0.25, 0.3) is 0 Å². The lowest BCUT2D eigenvalue weighted by Gasteiger charge is -2.27. The number of hydrazine groups is 1. The van der Waals surface area contributed by atoms with Crippen LogP contribution in [0.3, 0.4) is 0 Å². The second kappa shape index (κ2) is 7.24. The van der Waals surface area contributed by atoms with E-state index in [9.17, 15) is 0 Å². The second-order valence-corrected chi connectivity index (χ2v) is 6.43. The number of hydrogen-bond acceptors (Lipinski definition) is 8. The van der Waals surface area contributed by atoms with Crippen molar-refractivity contribution in [2.24, 2.45) is 11.8 Å². The molecule has 0 radical (unpaired) electrons. The Morgan fingerprint density at radius 1 is 1.19 bits per heavy atom. The van der Waals surface area contributed by atoms with Crippen molar-refractivity contribution in [3.63, 3.8) is 0 Å². The van der Waals surface area contributed by atoms with Gasteiger partial charge in [0.15, 0.2) is 5.16 Å². The Bertz CT molecular complexity index is 462. The van der Waals surface area contributed by atoms with Gasteiger partial charge in [-0.15, -0.1) is 0 Å². The smallest absolute Gasteiger partial charge is 0.242 e. The van der Waals surface area contributed by atoms with E-state index >= 15 is 0 Å². The number of rotatable bonds is 5. The predicted molar refractivity (Wildman–Crippen MR) is 83.4 cm³/mol. The molecule has 7 nitrogen and oxygen atoms in total. The number of nitrogens with zero attached hydrogens (tertiary/aromatic N) is 4. The molecule has 0 aromatic carbocycles. The predicted octanol–water partition coefficient (Wildman–Crippen LogP) is 1.28. The molecule has 2 aliphatic rings. The van der Waals surface area contributed by atoms with Crippen molar-refractivity contribution >= 4 is 23.7 Å². The highest BCUT2D eigenvalue weighted by Gasteiger charge is 2.19. The Balaban J connectivity index is 1.69. The molecule has 1 aliphatic heterocycles. The van der Waals surface area contributed by atoms with Crippen LogP contribution in [0, 0.1) is 5.92 Å². The Morgan fingerprint density at radius 3 is 2.67 bits per heavy atom. The third-order valence-electron chi connectivity index (χ3n) is 3.95. The van der Waals surface area contributed by atoms with Crippen molar-refractivity contribution < 1.29 is 4.74 Å². The summed E-state index contributed by atoms with van der Waals surface area (Å²) in [7, 11) is 0. The molecule has 2 heterocycles.